The molecule has 0 aromatic heterocycles. The molecule has 0 radical (unpaired) electrons. The van der Waals surface area contributed by atoms with Gasteiger partial charge >= 0.3 is 18.2 Å². The first kappa shape index (κ1) is 23.2. The predicted octanol–water partition coefficient (Wildman–Crippen LogP) is 4.61. The molecule has 0 bridgehead atoms. The number of carbonyl (C=O) groups is 3. The van der Waals surface area contributed by atoms with Gasteiger partial charge in [0, 0.05) is 6.42 Å². The number of fused-ring (bicyclic) bond motifs is 1. The second-order valence-corrected chi connectivity index (χ2v) is 8.46. The number of esters is 1. The summed E-state index contributed by atoms with van der Waals surface area (Å²) in [6, 6.07) is 12.4. The summed E-state index contributed by atoms with van der Waals surface area (Å²) in [4.78, 5) is 36.6. The summed E-state index contributed by atoms with van der Waals surface area (Å²) >= 11 is 0. The molecule has 2 rings (SSSR count). The number of alkyl carbamates (subject to hydrolysis) is 1. The molecule has 0 fully saturated rings. The van der Waals surface area contributed by atoms with E-state index in [0.717, 1.165) is 16.3 Å². The predicted molar refractivity (Wildman–Crippen MR) is 113 cm³/mol. The van der Waals surface area contributed by atoms with Crippen LogP contribution in [0.3, 0.4) is 0 Å². The Kier molecular flexibility index (Phi) is 7.80. The Balaban J connectivity index is 2.15. The Bertz CT molecular complexity index is 900. The first-order valence-corrected chi connectivity index (χ1v) is 9.89. The maximum absolute atomic E-state index is 12.6. The molecule has 1 amide bonds. The molecular weight excluding hydrogens is 386 g/mol. The molecule has 1 atom stereocenters. The Labute approximate surface area is 176 Å². The zero-order chi connectivity index (χ0) is 22.3. The molecule has 0 aliphatic rings. The van der Waals surface area contributed by atoms with E-state index in [1.54, 1.807) is 20.8 Å². The summed E-state index contributed by atoms with van der Waals surface area (Å²) in [7, 11) is 0. The van der Waals surface area contributed by atoms with Crippen LogP contribution in [0.2, 0.25) is 0 Å². The van der Waals surface area contributed by atoms with E-state index in [1.165, 1.54) is 0 Å². The lowest BCUT2D eigenvalue weighted by molar-refractivity contribution is -0.142. The van der Waals surface area contributed by atoms with Crippen LogP contribution in [0.15, 0.2) is 42.5 Å². The maximum Gasteiger partial charge on any atom is 0.516 e. The van der Waals surface area contributed by atoms with Crippen molar-refractivity contribution in [2.45, 2.75) is 52.7 Å². The van der Waals surface area contributed by atoms with Crippen LogP contribution < -0.4 is 5.32 Å². The van der Waals surface area contributed by atoms with Crippen LogP contribution >= 0.6 is 0 Å². The van der Waals surface area contributed by atoms with E-state index in [9.17, 15) is 14.4 Å². The smallest absolute Gasteiger partial charge is 0.444 e. The number of hydrogen-bond acceptors (Lipinski definition) is 6. The van der Waals surface area contributed by atoms with Crippen molar-refractivity contribution in [2.75, 3.05) is 6.61 Å². The average molecular weight is 415 g/mol. The molecule has 0 saturated heterocycles. The quantitative estimate of drug-likeness (QED) is 0.547. The normalized spacial score (nSPS) is 12.3. The van der Waals surface area contributed by atoms with Crippen molar-refractivity contribution in [3.05, 3.63) is 48.0 Å². The Hall–Kier alpha value is -3.09. The molecule has 0 aliphatic carbocycles. The van der Waals surface area contributed by atoms with Gasteiger partial charge in [-0.15, -0.1) is 0 Å². The molecule has 0 saturated carbocycles. The molecule has 162 valence electrons. The average Bonchev–Trinajstić information content (AvgIpc) is 2.64. The molecule has 0 aliphatic heterocycles. The van der Waals surface area contributed by atoms with Crippen LogP contribution in [0.1, 0.15) is 40.2 Å². The minimum atomic E-state index is -1.12. The van der Waals surface area contributed by atoms with Crippen molar-refractivity contribution in [3.63, 3.8) is 0 Å². The minimum absolute atomic E-state index is 0.0981. The third-order valence-corrected chi connectivity index (χ3v) is 3.95. The van der Waals surface area contributed by atoms with Crippen LogP contribution in [0.25, 0.3) is 10.8 Å². The van der Waals surface area contributed by atoms with E-state index >= 15 is 0 Å². The van der Waals surface area contributed by atoms with Crippen molar-refractivity contribution >= 4 is 29.0 Å². The summed E-state index contributed by atoms with van der Waals surface area (Å²) in [6.45, 7) is 9.00. The maximum atomic E-state index is 12.6. The van der Waals surface area contributed by atoms with Gasteiger partial charge in [0.2, 0.25) is 0 Å². The van der Waals surface area contributed by atoms with E-state index in [1.807, 2.05) is 56.3 Å². The zero-order valence-corrected chi connectivity index (χ0v) is 18.1. The standard InChI is InChI=1S/C23H29NO6/c1-15(2)14-28-22(27)29-20(25)19(24-21(26)30-23(3,4)5)13-16-10-11-17-8-6-7-9-18(17)12-16/h6-12,15,19H,13-14H2,1-5H3,(H,24,26)/t19-/m0/s1. The summed E-state index contributed by atoms with van der Waals surface area (Å²) in [5, 5.41) is 4.55. The lowest BCUT2D eigenvalue weighted by atomic mass is 10.0. The molecule has 2 aromatic carbocycles. The molecule has 2 aromatic rings. The molecule has 7 heteroatoms. The molecule has 7 nitrogen and oxygen atoms in total. The third-order valence-electron chi connectivity index (χ3n) is 3.95. The van der Waals surface area contributed by atoms with Crippen molar-refractivity contribution in [1.82, 2.24) is 5.32 Å². The highest BCUT2D eigenvalue weighted by molar-refractivity contribution is 5.89. The summed E-state index contributed by atoms with van der Waals surface area (Å²) in [6.07, 6.45) is -1.75. The molecule has 1 N–H and O–H groups in total. The first-order valence-electron chi connectivity index (χ1n) is 9.89. The van der Waals surface area contributed by atoms with Crippen LogP contribution in [-0.4, -0.2) is 36.5 Å². The summed E-state index contributed by atoms with van der Waals surface area (Å²) in [5.74, 6) is -0.816. The SMILES string of the molecule is CC(C)COC(=O)OC(=O)[C@H](Cc1ccc2ccccc2c1)NC(=O)OC(C)(C)C. The van der Waals surface area contributed by atoms with Gasteiger partial charge in [0.25, 0.3) is 0 Å². The van der Waals surface area contributed by atoms with E-state index < -0.39 is 29.9 Å². The van der Waals surface area contributed by atoms with Gasteiger partial charge < -0.3 is 19.5 Å². The van der Waals surface area contributed by atoms with Gasteiger partial charge in [0.1, 0.15) is 11.6 Å². The number of rotatable bonds is 6. The van der Waals surface area contributed by atoms with Crippen molar-refractivity contribution in [2.24, 2.45) is 5.92 Å². The van der Waals surface area contributed by atoms with Crippen molar-refractivity contribution < 1.29 is 28.6 Å². The van der Waals surface area contributed by atoms with E-state index in [0.29, 0.717) is 0 Å². The van der Waals surface area contributed by atoms with Crippen LogP contribution in [0.4, 0.5) is 9.59 Å². The zero-order valence-electron chi connectivity index (χ0n) is 18.1. The number of hydrogen-bond donors (Lipinski definition) is 1. The minimum Gasteiger partial charge on any atom is -0.444 e. The van der Waals surface area contributed by atoms with Gasteiger partial charge in [-0.2, -0.15) is 0 Å². The number of nitrogens with one attached hydrogen (secondary N) is 1. The molecule has 0 unspecified atom stereocenters. The fourth-order valence-corrected chi connectivity index (χ4v) is 2.66. The fraction of sp³-hybridized carbons (Fsp3) is 0.435. The number of amides is 1. The lowest BCUT2D eigenvalue weighted by Crippen LogP contribution is -2.46. The Morgan fingerprint density at radius 1 is 1.00 bits per heavy atom. The van der Waals surface area contributed by atoms with E-state index in [-0.39, 0.29) is 18.9 Å². The first-order chi connectivity index (χ1) is 14.0. The van der Waals surface area contributed by atoms with Gasteiger partial charge in [0.05, 0.1) is 6.61 Å². The number of benzene rings is 2. The summed E-state index contributed by atoms with van der Waals surface area (Å²) in [5.41, 5.74) is 0.0553. The van der Waals surface area contributed by atoms with E-state index in [4.69, 9.17) is 14.2 Å². The highest BCUT2D eigenvalue weighted by Gasteiger charge is 2.28. The second-order valence-electron chi connectivity index (χ2n) is 8.46. The third kappa shape index (κ3) is 7.73. The van der Waals surface area contributed by atoms with Gasteiger partial charge in [-0.25, -0.2) is 14.4 Å². The largest absolute Gasteiger partial charge is 0.516 e. The highest BCUT2D eigenvalue weighted by atomic mass is 16.7. The monoisotopic (exact) mass is 415 g/mol. The van der Waals surface area contributed by atoms with Gasteiger partial charge in [-0.3, -0.25) is 0 Å². The fourth-order valence-electron chi connectivity index (χ4n) is 2.66. The molecule has 30 heavy (non-hydrogen) atoms. The topological polar surface area (TPSA) is 90.9 Å². The molecular formula is C23H29NO6. The Morgan fingerprint density at radius 3 is 2.30 bits per heavy atom. The lowest BCUT2D eigenvalue weighted by Gasteiger charge is -2.22. The number of carbonyl (C=O) groups excluding carboxylic acids is 3. The van der Waals surface area contributed by atoms with E-state index in [2.05, 4.69) is 5.32 Å². The highest BCUT2D eigenvalue weighted by Crippen LogP contribution is 2.17. The second kappa shape index (κ2) is 10.1. The van der Waals surface area contributed by atoms with Crippen molar-refractivity contribution in [3.8, 4) is 0 Å². The Morgan fingerprint density at radius 2 is 1.67 bits per heavy atom. The van der Waals surface area contributed by atoms with Gasteiger partial charge in [0.15, 0.2) is 0 Å². The van der Waals surface area contributed by atoms with Crippen LogP contribution in [0, 0.1) is 5.92 Å². The van der Waals surface area contributed by atoms with Gasteiger partial charge in [-0.05, 0) is 43.0 Å². The molecule has 0 spiro atoms. The summed E-state index contributed by atoms with van der Waals surface area (Å²) < 4.78 is 14.9. The van der Waals surface area contributed by atoms with Crippen LogP contribution in [0.5, 0.6) is 0 Å². The number of ether oxygens (including phenoxy) is 3. The van der Waals surface area contributed by atoms with Gasteiger partial charge in [-0.1, -0.05) is 56.3 Å². The molecule has 0 heterocycles. The van der Waals surface area contributed by atoms with Crippen LogP contribution in [-0.2, 0) is 25.4 Å². The van der Waals surface area contributed by atoms with Crippen molar-refractivity contribution in [1.29, 1.82) is 0 Å².